The first kappa shape index (κ1) is 10.5. The highest BCUT2D eigenvalue weighted by Gasteiger charge is 2.14. The Morgan fingerprint density at radius 1 is 0.933 bits per heavy atom. The number of hydrogen-bond acceptors (Lipinski definition) is 0. The minimum absolute atomic E-state index is 0.0936. The van der Waals surface area contributed by atoms with Gasteiger partial charge in [0.2, 0.25) is 0 Å². The Kier molecular flexibility index (Phi) is 2.97. The van der Waals surface area contributed by atoms with Gasteiger partial charge in [-0.15, -0.1) is 11.6 Å². The van der Waals surface area contributed by atoms with Gasteiger partial charge in [0.1, 0.15) is 0 Å². The van der Waals surface area contributed by atoms with Gasteiger partial charge in [-0.05, 0) is 22.3 Å². The monoisotopic (exact) mass is 218 g/mol. The predicted octanol–water partition coefficient (Wildman–Crippen LogP) is 4.78. The summed E-state index contributed by atoms with van der Waals surface area (Å²) < 4.78 is 0. The van der Waals surface area contributed by atoms with E-state index in [9.17, 15) is 0 Å². The Bertz CT molecular complexity index is 454. The molecule has 0 aromatic heterocycles. The van der Waals surface area contributed by atoms with Crippen LogP contribution in [0.15, 0.2) is 42.5 Å². The third-order valence-corrected chi connectivity index (χ3v) is 3.44. The second-order valence-corrected chi connectivity index (χ2v) is 4.68. The molecule has 0 bridgehead atoms. The van der Waals surface area contributed by atoms with Crippen LogP contribution in [-0.2, 0) is 0 Å². The predicted molar refractivity (Wildman–Crippen MR) is 67.4 cm³/mol. The fourth-order valence-electron chi connectivity index (χ4n) is 1.85. The number of hydrogen-bond donors (Lipinski definition) is 0. The van der Waals surface area contributed by atoms with Crippen LogP contribution < -0.4 is 0 Å². The third kappa shape index (κ3) is 2.00. The molecule has 0 spiro atoms. The lowest BCUT2D eigenvalue weighted by atomic mass is 9.96. The molecule has 0 radical (unpaired) electrons. The van der Waals surface area contributed by atoms with E-state index in [4.69, 9.17) is 11.6 Å². The van der Waals surface area contributed by atoms with E-state index in [1.807, 2.05) is 0 Å². The maximum absolute atomic E-state index is 6.42. The molecule has 1 unspecified atom stereocenters. The second-order valence-electron chi connectivity index (χ2n) is 4.21. The molecule has 0 fully saturated rings. The van der Waals surface area contributed by atoms with Crippen molar-refractivity contribution in [3.05, 3.63) is 48.0 Å². The van der Waals surface area contributed by atoms with Crippen LogP contribution in [0.1, 0.15) is 24.8 Å². The van der Waals surface area contributed by atoms with E-state index in [1.165, 1.54) is 16.3 Å². The van der Waals surface area contributed by atoms with E-state index < -0.39 is 0 Å². The van der Waals surface area contributed by atoms with Crippen molar-refractivity contribution in [1.29, 1.82) is 0 Å². The molecule has 1 heteroatoms. The highest BCUT2D eigenvalue weighted by molar-refractivity contribution is 6.22. The van der Waals surface area contributed by atoms with Crippen LogP contribution in [0.5, 0.6) is 0 Å². The van der Waals surface area contributed by atoms with E-state index >= 15 is 0 Å². The van der Waals surface area contributed by atoms with Crippen LogP contribution in [0, 0.1) is 5.92 Å². The van der Waals surface area contributed by atoms with Gasteiger partial charge in [-0.2, -0.15) is 0 Å². The zero-order valence-corrected chi connectivity index (χ0v) is 9.83. The fraction of sp³-hybridized carbons (Fsp3) is 0.286. The standard InChI is InChI=1S/C14H15Cl/c1-10(2)14(15)13-9-5-7-11-6-3-4-8-12(11)13/h3-10,14H,1-2H3. The normalized spacial score (nSPS) is 13.3. The maximum atomic E-state index is 6.42. The van der Waals surface area contributed by atoms with Gasteiger partial charge in [0.15, 0.2) is 0 Å². The molecule has 2 aromatic carbocycles. The highest BCUT2D eigenvalue weighted by atomic mass is 35.5. The molecular weight excluding hydrogens is 204 g/mol. The van der Waals surface area contributed by atoms with Crippen molar-refractivity contribution < 1.29 is 0 Å². The smallest absolute Gasteiger partial charge is 0.0614 e. The molecule has 1 atom stereocenters. The average Bonchev–Trinajstić information content (AvgIpc) is 2.27. The SMILES string of the molecule is CC(C)C(Cl)c1cccc2ccccc12. The Balaban J connectivity index is 2.60. The van der Waals surface area contributed by atoms with Gasteiger partial charge in [-0.25, -0.2) is 0 Å². The summed E-state index contributed by atoms with van der Waals surface area (Å²) in [6.07, 6.45) is 0. The molecule has 0 aliphatic heterocycles. The lowest BCUT2D eigenvalue weighted by Crippen LogP contribution is -1.99. The van der Waals surface area contributed by atoms with Gasteiger partial charge < -0.3 is 0 Å². The molecule has 78 valence electrons. The fourth-order valence-corrected chi connectivity index (χ4v) is 2.04. The molecule has 2 aromatic rings. The second kappa shape index (κ2) is 4.24. The Hall–Kier alpha value is -1.01. The first-order valence-corrected chi connectivity index (χ1v) is 5.75. The summed E-state index contributed by atoms with van der Waals surface area (Å²) in [5.41, 5.74) is 1.24. The van der Waals surface area contributed by atoms with E-state index in [1.54, 1.807) is 0 Å². The number of halogens is 1. The van der Waals surface area contributed by atoms with Gasteiger partial charge in [0.25, 0.3) is 0 Å². The quantitative estimate of drug-likeness (QED) is 0.637. The van der Waals surface area contributed by atoms with Crippen LogP contribution in [0.25, 0.3) is 10.8 Å². The van der Waals surface area contributed by atoms with Crippen molar-refractivity contribution in [2.45, 2.75) is 19.2 Å². The van der Waals surface area contributed by atoms with Gasteiger partial charge in [-0.1, -0.05) is 56.3 Å². The zero-order chi connectivity index (χ0) is 10.8. The van der Waals surface area contributed by atoms with Crippen molar-refractivity contribution in [3.63, 3.8) is 0 Å². The Morgan fingerprint density at radius 3 is 2.33 bits per heavy atom. The van der Waals surface area contributed by atoms with Crippen LogP contribution in [0.4, 0.5) is 0 Å². The molecule has 0 heterocycles. The van der Waals surface area contributed by atoms with Crippen LogP contribution in [0.2, 0.25) is 0 Å². The first-order chi connectivity index (χ1) is 7.20. The molecule has 2 rings (SSSR count). The lowest BCUT2D eigenvalue weighted by Gasteiger charge is -2.16. The molecule has 0 aliphatic rings. The van der Waals surface area contributed by atoms with Gasteiger partial charge >= 0.3 is 0 Å². The third-order valence-electron chi connectivity index (χ3n) is 2.71. The highest BCUT2D eigenvalue weighted by Crippen LogP contribution is 2.33. The van der Waals surface area contributed by atoms with Crippen LogP contribution >= 0.6 is 11.6 Å². The minimum Gasteiger partial charge on any atom is -0.118 e. The maximum Gasteiger partial charge on any atom is 0.0614 e. The molecule has 0 amide bonds. The van der Waals surface area contributed by atoms with E-state index in [2.05, 4.69) is 56.3 Å². The molecule has 0 aliphatic carbocycles. The van der Waals surface area contributed by atoms with Gasteiger partial charge in [0.05, 0.1) is 5.38 Å². The lowest BCUT2D eigenvalue weighted by molar-refractivity contribution is 0.627. The summed E-state index contributed by atoms with van der Waals surface area (Å²) in [6, 6.07) is 14.7. The summed E-state index contributed by atoms with van der Waals surface area (Å²) in [4.78, 5) is 0. The number of fused-ring (bicyclic) bond motifs is 1. The van der Waals surface area contributed by atoms with Crippen LogP contribution in [-0.4, -0.2) is 0 Å². The topological polar surface area (TPSA) is 0 Å². The largest absolute Gasteiger partial charge is 0.118 e. The molecule has 0 saturated heterocycles. The number of rotatable bonds is 2. The summed E-state index contributed by atoms with van der Waals surface area (Å²) in [6.45, 7) is 4.30. The van der Waals surface area contributed by atoms with Crippen molar-refractivity contribution in [2.75, 3.05) is 0 Å². The van der Waals surface area contributed by atoms with E-state index in [0.717, 1.165) is 0 Å². The molecule has 15 heavy (non-hydrogen) atoms. The van der Waals surface area contributed by atoms with E-state index in [-0.39, 0.29) is 5.38 Å². The Labute approximate surface area is 95.9 Å². The van der Waals surface area contributed by atoms with Crippen molar-refractivity contribution in [3.8, 4) is 0 Å². The summed E-state index contributed by atoms with van der Waals surface area (Å²) in [7, 11) is 0. The molecular formula is C14H15Cl. The van der Waals surface area contributed by atoms with E-state index in [0.29, 0.717) is 5.92 Å². The minimum atomic E-state index is 0.0936. The van der Waals surface area contributed by atoms with Crippen molar-refractivity contribution in [2.24, 2.45) is 5.92 Å². The molecule has 0 nitrogen and oxygen atoms in total. The summed E-state index contributed by atoms with van der Waals surface area (Å²) in [5, 5.41) is 2.63. The first-order valence-electron chi connectivity index (χ1n) is 5.32. The summed E-state index contributed by atoms with van der Waals surface area (Å²) >= 11 is 6.42. The van der Waals surface area contributed by atoms with Crippen molar-refractivity contribution in [1.82, 2.24) is 0 Å². The Morgan fingerprint density at radius 2 is 1.60 bits per heavy atom. The van der Waals surface area contributed by atoms with Crippen molar-refractivity contribution >= 4 is 22.4 Å². The molecule has 0 saturated carbocycles. The van der Waals surface area contributed by atoms with Gasteiger partial charge in [-0.3, -0.25) is 0 Å². The summed E-state index contributed by atoms with van der Waals surface area (Å²) in [5.74, 6) is 0.456. The van der Waals surface area contributed by atoms with Gasteiger partial charge in [0, 0.05) is 0 Å². The average molecular weight is 219 g/mol. The zero-order valence-electron chi connectivity index (χ0n) is 9.07. The number of benzene rings is 2. The van der Waals surface area contributed by atoms with Crippen LogP contribution in [0.3, 0.4) is 0 Å². The number of alkyl halides is 1. The molecule has 0 N–H and O–H groups in total.